The molecule has 5 rings (SSSR count). The molecule has 1 fully saturated rings. The molecule has 6 heteroatoms. The molecule has 4 aromatic rings. The van der Waals surface area contributed by atoms with E-state index in [0.717, 1.165) is 61.2 Å². The number of halogens is 2. The first-order chi connectivity index (χ1) is 16.1. The standard InChI is InChI=1S/C27H26F2N4/c1-20-7-5-6-10-24(20)27-21(19-33(30-27)26-12-11-22(28)17-25(26)29)18-31-13-15-32(16-14-31)23-8-3-2-4-9-23/h2-12,17,19H,13-16,18H2,1H3. The highest BCUT2D eigenvalue weighted by Gasteiger charge is 2.21. The molecule has 0 saturated carbocycles. The first-order valence-corrected chi connectivity index (χ1v) is 11.2. The van der Waals surface area contributed by atoms with E-state index in [4.69, 9.17) is 5.10 Å². The van der Waals surface area contributed by atoms with E-state index in [1.54, 1.807) is 0 Å². The van der Waals surface area contributed by atoms with Crippen molar-refractivity contribution in [3.8, 4) is 16.9 Å². The van der Waals surface area contributed by atoms with Crippen LogP contribution in [0, 0.1) is 18.6 Å². The molecule has 0 spiro atoms. The van der Waals surface area contributed by atoms with E-state index in [-0.39, 0.29) is 5.69 Å². The number of hydrogen-bond donors (Lipinski definition) is 0. The molecule has 33 heavy (non-hydrogen) atoms. The predicted octanol–water partition coefficient (Wildman–Crippen LogP) is 5.45. The molecule has 1 aliphatic heterocycles. The molecule has 168 valence electrons. The molecule has 0 radical (unpaired) electrons. The third kappa shape index (κ3) is 4.52. The minimum Gasteiger partial charge on any atom is -0.369 e. The molecule has 0 N–H and O–H groups in total. The lowest BCUT2D eigenvalue weighted by Crippen LogP contribution is -2.45. The van der Waals surface area contributed by atoms with Crippen LogP contribution in [0.3, 0.4) is 0 Å². The summed E-state index contributed by atoms with van der Waals surface area (Å²) in [7, 11) is 0. The highest BCUT2D eigenvalue weighted by molar-refractivity contribution is 5.67. The second kappa shape index (κ2) is 9.16. The van der Waals surface area contributed by atoms with Gasteiger partial charge in [0, 0.05) is 61.8 Å². The zero-order valence-electron chi connectivity index (χ0n) is 18.6. The van der Waals surface area contributed by atoms with Crippen molar-refractivity contribution in [3.05, 3.63) is 102 Å². The lowest BCUT2D eigenvalue weighted by Gasteiger charge is -2.36. The highest BCUT2D eigenvalue weighted by atomic mass is 19.1. The number of aryl methyl sites for hydroxylation is 1. The van der Waals surface area contributed by atoms with Gasteiger partial charge in [-0.05, 0) is 36.8 Å². The van der Waals surface area contributed by atoms with Gasteiger partial charge in [0.05, 0.1) is 5.69 Å². The Hall–Kier alpha value is -3.51. The van der Waals surface area contributed by atoms with Crippen molar-refractivity contribution in [1.82, 2.24) is 14.7 Å². The van der Waals surface area contributed by atoms with Crippen molar-refractivity contribution in [2.75, 3.05) is 31.1 Å². The Morgan fingerprint density at radius 2 is 1.58 bits per heavy atom. The van der Waals surface area contributed by atoms with Gasteiger partial charge in [-0.1, -0.05) is 42.5 Å². The van der Waals surface area contributed by atoms with Gasteiger partial charge in [-0.3, -0.25) is 4.90 Å². The Labute approximate surface area is 192 Å². The maximum Gasteiger partial charge on any atom is 0.151 e. The Bertz CT molecular complexity index is 1240. The second-order valence-corrected chi connectivity index (χ2v) is 8.46. The topological polar surface area (TPSA) is 24.3 Å². The molecule has 0 unspecified atom stereocenters. The number of anilines is 1. The molecule has 0 bridgehead atoms. The monoisotopic (exact) mass is 444 g/mol. The number of nitrogens with zero attached hydrogens (tertiary/aromatic N) is 4. The SMILES string of the molecule is Cc1ccccc1-c1nn(-c2ccc(F)cc2F)cc1CN1CCN(c2ccccc2)CC1. The van der Waals surface area contributed by atoms with E-state index in [2.05, 4.69) is 47.1 Å². The molecule has 2 heterocycles. The van der Waals surface area contributed by atoms with E-state index in [1.165, 1.54) is 22.5 Å². The van der Waals surface area contributed by atoms with Crippen LogP contribution in [0.5, 0.6) is 0 Å². The first kappa shape index (κ1) is 21.3. The number of para-hydroxylation sites is 1. The molecule has 0 amide bonds. The molecule has 3 aromatic carbocycles. The summed E-state index contributed by atoms with van der Waals surface area (Å²) in [4.78, 5) is 4.81. The van der Waals surface area contributed by atoms with E-state index >= 15 is 0 Å². The van der Waals surface area contributed by atoms with Crippen molar-refractivity contribution in [1.29, 1.82) is 0 Å². The van der Waals surface area contributed by atoms with Crippen LogP contribution in [0.25, 0.3) is 16.9 Å². The normalized spacial score (nSPS) is 14.6. The van der Waals surface area contributed by atoms with Crippen molar-refractivity contribution >= 4 is 5.69 Å². The molecule has 4 nitrogen and oxygen atoms in total. The van der Waals surface area contributed by atoms with E-state index in [0.29, 0.717) is 0 Å². The second-order valence-electron chi connectivity index (χ2n) is 8.46. The summed E-state index contributed by atoms with van der Waals surface area (Å²) < 4.78 is 29.5. The quantitative estimate of drug-likeness (QED) is 0.409. The summed E-state index contributed by atoms with van der Waals surface area (Å²) in [6, 6.07) is 22.1. The third-order valence-corrected chi connectivity index (χ3v) is 6.23. The number of hydrogen-bond acceptors (Lipinski definition) is 3. The van der Waals surface area contributed by atoms with Crippen LogP contribution in [0.4, 0.5) is 14.5 Å². The van der Waals surface area contributed by atoms with Gasteiger partial charge in [0.1, 0.15) is 11.5 Å². The van der Waals surface area contributed by atoms with Gasteiger partial charge in [0.25, 0.3) is 0 Å². The molecule has 1 aliphatic rings. The van der Waals surface area contributed by atoms with E-state index in [1.807, 2.05) is 30.5 Å². The van der Waals surface area contributed by atoms with Gasteiger partial charge in [-0.15, -0.1) is 0 Å². The molecular weight excluding hydrogens is 418 g/mol. The van der Waals surface area contributed by atoms with Crippen LogP contribution in [-0.4, -0.2) is 40.9 Å². The fourth-order valence-electron chi connectivity index (χ4n) is 4.43. The van der Waals surface area contributed by atoms with Gasteiger partial charge in [0.15, 0.2) is 5.82 Å². The summed E-state index contributed by atoms with van der Waals surface area (Å²) >= 11 is 0. The largest absolute Gasteiger partial charge is 0.369 e. The Morgan fingerprint density at radius 3 is 2.30 bits per heavy atom. The average molecular weight is 445 g/mol. The summed E-state index contributed by atoms with van der Waals surface area (Å²) in [6.45, 7) is 6.52. The van der Waals surface area contributed by atoms with Gasteiger partial charge in [0.2, 0.25) is 0 Å². The van der Waals surface area contributed by atoms with Gasteiger partial charge < -0.3 is 4.90 Å². The van der Waals surface area contributed by atoms with Crippen LogP contribution in [0.2, 0.25) is 0 Å². The Morgan fingerprint density at radius 1 is 0.848 bits per heavy atom. The number of aromatic nitrogens is 2. The van der Waals surface area contributed by atoms with Crippen molar-refractivity contribution in [2.45, 2.75) is 13.5 Å². The highest BCUT2D eigenvalue weighted by Crippen LogP contribution is 2.29. The fraction of sp³-hybridized carbons (Fsp3) is 0.222. The Balaban J connectivity index is 1.43. The van der Waals surface area contributed by atoms with E-state index in [9.17, 15) is 8.78 Å². The molecule has 1 saturated heterocycles. The minimum atomic E-state index is -0.628. The maximum absolute atomic E-state index is 14.5. The maximum atomic E-state index is 14.5. The van der Waals surface area contributed by atoms with Crippen LogP contribution in [0.1, 0.15) is 11.1 Å². The lowest BCUT2D eigenvalue weighted by molar-refractivity contribution is 0.250. The predicted molar refractivity (Wildman–Crippen MR) is 128 cm³/mol. The zero-order chi connectivity index (χ0) is 22.8. The lowest BCUT2D eigenvalue weighted by atomic mass is 10.0. The van der Waals surface area contributed by atoms with Crippen molar-refractivity contribution in [3.63, 3.8) is 0 Å². The van der Waals surface area contributed by atoms with Gasteiger partial charge >= 0.3 is 0 Å². The smallest absolute Gasteiger partial charge is 0.151 e. The third-order valence-electron chi connectivity index (χ3n) is 6.23. The molecule has 0 atom stereocenters. The number of benzene rings is 3. The minimum absolute atomic E-state index is 0.242. The van der Waals surface area contributed by atoms with Gasteiger partial charge in [-0.2, -0.15) is 5.10 Å². The summed E-state index contributed by atoms with van der Waals surface area (Å²) in [6.07, 6.45) is 1.88. The van der Waals surface area contributed by atoms with Crippen LogP contribution >= 0.6 is 0 Å². The first-order valence-electron chi connectivity index (χ1n) is 11.2. The zero-order valence-corrected chi connectivity index (χ0v) is 18.6. The molecular formula is C27H26F2N4. The molecule has 0 aliphatic carbocycles. The number of rotatable bonds is 5. The molecule has 1 aromatic heterocycles. The van der Waals surface area contributed by atoms with Crippen LogP contribution in [-0.2, 0) is 6.54 Å². The fourth-order valence-corrected chi connectivity index (χ4v) is 4.43. The number of piperazine rings is 1. The summed E-state index contributed by atoms with van der Waals surface area (Å²) in [5, 5.41) is 4.75. The summed E-state index contributed by atoms with van der Waals surface area (Å²) in [5.41, 5.74) is 5.49. The van der Waals surface area contributed by atoms with Crippen molar-refractivity contribution in [2.24, 2.45) is 0 Å². The van der Waals surface area contributed by atoms with Crippen molar-refractivity contribution < 1.29 is 8.78 Å². The van der Waals surface area contributed by atoms with E-state index < -0.39 is 11.6 Å². The van der Waals surface area contributed by atoms with Crippen LogP contribution in [0.15, 0.2) is 79.0 Å². The summed E-state index contributed by atoms with van der Waals surface area (Å²) in [5.74, 6) is -1.23. The van der Waals surface area contributed by atoms with Crippen LogP contribution < -0.4 is 4.90 Å². The Kier molecular flexibility index (Phi) is 5.92. The van der Waals surface area contributed by atoms with Gasteiger partial charge in [-0.25, -0.2) is 13.5 Å². The average Bonchev–Trinajstić information content (AvgIpc) is 3.23.